The van der Waals surface area contributed by atoms with Crippen molar-refractivity contribution in [1.82, 2.24) is 19.8 Å². The SMILES string of the molecule is Cc1ccccc1[C@@H]1[C@@H]2CN(Cc3ncc[nH]3)C[C@@H]2CN1C.Cl.Cl. The molecule has 2 saturated heterocycles. The fourth-order valence-corrected chi connectivity index (χ4v) is 4.46. The minimum Gasteiger partial charge on any atom is -0.348 e. The lowest BCUT2D eigenvalue weighted by Crippen LogP contribution is -2.29. The molecule has 1 N–H and O–H groups in total. The second-order valence-corrected chi connectivity index (χ2v) is 6.89. The smallest absolute Gasteiger partial charge is 0.120 e. The van der Waals surface area contributed by atoms with Gasteiger partial charge in [0.15, 0.2) is 0 Å². The molecule has 6 heteroatoms. The summed E-state index contributed by atoms with van der Waals surface area (Å²) in [6, 6.07) is 9.44. The number of aryl methyl sites for hydroxylation is 1. The van der Waals surface area contributed by atoms with Crippen molar-refractivity contribution in [3.05, 3.63) is 53.6 Å². The van der Waals surface area contributed by atoms with Crippen LogP contribution in [0.1, 0.15) is 23.0 Å². The summed E-state index contributed by atoms with van der Waals surface area (Å²) in [4.78, 5) is 12.7. The summed E-state index contributed by atoms with van der Waals surface area (Å²) in [5.41, 5.74) is 2.93. The van der Waals surface area contributed by atoms with E-state index in [0.717, 1.165) is 24.2 Å². The van der Waals surface area contributed by atoms with Crippen molar-refractivity contribution in [1.29, 1.82) is 0 Å². The van der Waals surface area contributed by atoms with Gasteiger partial charge in [0.2, 0.25) is 0 Å². The van der Waals surface area contributed by atoms with E-state index in [1.807, 2.05) is 12.4 Å². The predicted molar refractivity (Wildman–Crippen MR) is 102 cm³/mol. The zero-order chi connectivity index (χ0) is 15.1. The molecule has 0 amide bonds. The average Bonchev–Trinajstić information content (AvgIpc) is 3.17. The number of aromatic nitrogens is 2. The predicted octanol–water partition coefficient (Wildman–Crippen LogP) is 3.30. The number of halogens is 2. The molecule has 0 spiro atoms. The summed E-state index contributed by atoms with van der Waals surface area (Å²) < 4.78 is 0. The third-order valence-electron chi connectivity index (χ3n) is 5.41. The highest BCUT2D eigenvalue weighted by Crippen LogP contribution is 2.44. The molecule has 3 atom stereocenters. The molecule has 132 valence electrons. The highest BCUT2D eigenvalue weighted by molar-refractivity contribution is 5.85. The van der Waals surface area contributed by atoms with E-state index in [-0.39, 0.29) is 24.8 Å². The van der Waals surface area contributed by atoms with Crippen LogP contribution in [0.2, 0.25) is 0 Å². The maximum absolute atomic E-state index is 4.37. The van der Waals surface area contributed by atoms with Gasteiger partial charge < -0.3 is 4.98 Å². The molecule has 2 aliphatic rings. The first-order valence-electron chi connectivity index (χ1n) is 8.19. The van der Waals surface area contributed by atoms with Crippen LogP contribution in [-0.2, 0) is 6.54 Å². The van der Waals surface area contributed by atoms with E-state index in [4.69, 9.17) is 0 Å². The van der Waals surface area contributed by atoms with Gasteiger partial charge in [-0.15, -0.1) is 24.8 Å². The molecule has 2 aromatic rings. The van der Waals surface area contributed by atoms with Crippen molar-refractivity contribution in [3.8, 4) is 0 Å². The maximum atomic E-state index is 4.37. The number of imidazole rings is 1. The van der Waals surface area contributed by atoms with Gasteiger partial charge in [0.25, 0.3) is 0 Å². The number of aromatic amines is 1. The number of likely N-dealkylation sites (tertiary alicyclic amines) is 2. The fraction of sp³-hybridized carbons (Fsp3) is 0.500. The van der Waals surface area contributed by atoms with Crippen LogP contribution in [-0.4, -0.2) is 46.4 Å². The number of fused-ring (bicyclic) bond motifs is 1. The van der Waals surface area contributed by atoms with E-state index >= 15 is 0 Å². The number of H-pyrrole nitrogens is 1. The first-order valence-corrected chi connectivity index (χ1v) is 8.19. The summed E-state index contributed by atoms with van der Waals surface area (Å²) in [6.45, 7) is 6.77. The van der Waals surface area contributed by atoms with Gasteiger partial charge >= 0.3 is 0 Å². The minimum absolute atomic E-state index is 0. The van der Waals surface area contributed by atoms with Gasteiger partial charge in [0.1, 0.15) is 5.82 Å². The molecule has 24 heavy (non-hydrogen) atoms. The highest BCUT2D eigenvalue weighted by atomic mass is 35.5. The largest absolute Gasteiger partial charge is 0.348 e. The van der Waals surface area contributed by atoms with Crippen LogP contribution in [0.5, 0.6) is 0 Å². The molecular weight excluding hydrogens is 343 g/mol. The van der Waals surface area contributed by atoms with Crippen molar-refractivity contribution >= 4 is 24.8 Å². The number of hydrogen-bond donors (Lipinski definition) is 1. The van der Waals surface area contributed by atoms with E-state index in [1.54, 1.807) is 0 Å². The minimum atomic E-state index is 0. The van der Waals surface area contributed by atoms with Crippen LogP contribution in [0.4, 0.5) is 0 Å². The van der Waals surface area contributed by atoms with Gasteiger partial charge in [-0.3, -0.25) is 9.80 Å². The maximum Gasteiger partial charge on any atom is 0.120 e. The van der Waals surface area contributed by atoms with Gasteiger partial charge in [-0.05, 0) is 36.9 Å². The topological polar surface area (TPSA) is 35.2 Å². The van der Waals surface area contributed by atoms with Crippen molar-refractivity contribution in [2.75, 3.05) is 26.7 Å². The lowest BCUT2D eigenvalue weighted by atomic mass is 9.88. The second kappa shape index (κ2) is 7.87. The molecule has 0 aliphatic carbocycles. The molecule has 1 aromatic carbocycles. The Hall–Kier alpha value is -1.07. The highest BCUT2D eigenvalue weighted by Gasteiger charge is 2.46. The van der Waals surface area contributed by atoms with Crippen LogP contribution in [0.15, 0.2) is 36.7 Å². The van der Waals surface area contributed by atoms with Gasteiger partial charge in [0.05, 0.1) is 6.54 Å². The normalized spacial score (nSPS) is 26.7. The number of benzene rings is 1. The molecule has 1 aromatic heterocycles. The van der Waals surface area contributed by atoms with E-state index in [0.29, 0.717) is 6.04 Å². The average molecular weight is 369 g/mol. The Balaban J connectivity index is 0.00000104. The van der Waals surface area contributed by atoms with Crippen LogP contribution in [0.3, 0.4) is 0 Å². The quantitative estimate of drug-likeness (QED) is 0.902. The molecule has 0 bridgehead atoms. The summed E-state index contributed by atoms with van der Waals surface area (Å²) in [5.74, 6) is 2.60. The number of nitrogens with one attached hydrogen (secondary N) is 1. The van der Waals surface area contributed by atoms with Crippen molar-refractivity contribution in [2.24, 2.45) is 11.8 Å². The van der Waals surface area contributed by atoms with Gasteiger partial charge in [-0.1, -0.05) is 24.3 Å². The molecule has 2 aliphatic heterocycles. The number of nitrogens with zero attached hydrogens (tertiary/aromatic N) is 3. The van der Waals surface area contributed by atoms with Crippen LogP contribution in [0.25, 0.3) is 0 Å². The Morgan fingerprint density at radius 3 is 2.67 bits per heavy atom. The van der Waals surface area contributed by atoms with Crippen molar-refractivity contribution < 1.29 is 0 Å². The molecule has 3 heterocycles. The van der Waals surface area contributed by atoms with Crippen LogP contribution in [0, 0.1) is 18.8 Å². The van der Waals surface area contributed by atoms with Gasteiger partial charge in [-0.25, -0.2) is 4.98 Å². The summed E-state index contributed by atoms with van der Waals surface area (Å²) in [5, 5.41) is 0. The van der Waals surface area contributed by atoms with Gasteiger partial charge in [-0.2, -0.15) is 0 Å². The van der Waals surface area contributed by atoms with E-state index in [2.05, 4.69) is 58.0 Å². The van der Waals surface area contributed by atoms with Crippen LogP contribution >= 0.6 is 24.8 Å². The molecule has 4 nitrogen and oxygen atoms in total. The Morgan fingerprint density at radius 1 is 1.17 bits per heavy atom. The lowest BCUT2D eigenvalue weighted by molar-refractivity contribution is 0.222. The van der Waals surface area contributed by atoms with Crippen LogP contribution < -0.4 is 0 Å². The monoisotopic (exact) mass is 368 g/mol. The molecule has 0 saturated carbocycles. The molecule has 4 rings (SSSR count). The lowest BCUT2D eigenvalue weighted by Gasteiger charge is -2.27. The standard InChI is InChI=1S/C18H24N4.2ClH/c1-13-5-3-4-6-15(13)18-16-11-22(10-14(16)9-21(18)2)12-17-19-7-8-20-17;;/h3-8,14,16,18H,9-12H2,1-2H3,(H,19,20);2*1H/t14-,16+,18+;;/m0../s1. The Morgan fingerprint density at radius 2 is 1.96 bits per heavy atom. The van der Waals surface area contributed by atoms with E-state index in [1.165, 1.54) is 30.8 Å². The Kier molecular flexibility index (Phi) is 6.32. The summed E-state index contributed by atoms with van der Waals surface area (Å²) >= 11 is 0. The number of rotatable bonds is 3. The summed E-state index contributed by atoms with van der Waals surface area (Å²) in [6.07, 6.45) is 3.76. The zero-order valence-corrected chi connectivity index (χ0v) is 15.8. The Labute approximate surface area is 156 Å². The van der Waals surface area contributed by atoms with Gasteiger partial charge in [0, 0.05) is 38.1 Å². The first kappa shape index (κ1) is 19.3. The third-order valence-corrected chi connectivity index (χ3v) is 5.41. The zero-order valence-electron chi connectivity index (χ0n) is 14.2. The fourth-order valence-electron chi connectivity index (χ4n) is 4.46. The molecule has 0 unspecified atom stereocenters. The second-order valence-electron chi connectivity index (χ2n) is 6.89. The molecule has 0 radical (unpaired) electrons. The van der Waals surface area contributed by atoms with E-state index < -0.39 is 0 Å². The first-order chi connectivity index (χ1) is 10.7. The van der Waals surface area contributed by atoms with E-state index in [9.17, 15) is 0 Å². The summed E-state index contributed by atoms with van der Waals surface area (Å²) in [7, 11) is 2.28. The van der Waals surface area contributed by atoms with Crippen molar-refractivity contribution in [3.63, 3.8) is 0 Å². The molecule has 2 fully saturated rings. The third kappa shape index (κ3) is 3.47. The van der Waals surface area contributed by atoms with Crippen molar-refractivity contribution in [2.45, 2.75) is 19.5 Å². The Bertz CT molecular complexity index is 646. The molecular formula is C18H26Cl2N4. The number of hydrogen-bond acceptors (Lipinski definition) is 3.